The van der Waals surface area contributed by atoms with Gasteiger partial charge in [0.2, 0.25) is 0 Å². The second kappa shape index (κ2) is 7.43. The average Bonchev–Trinajstić information content (AvgIpc) is 2.37. The van der Waals surface area contributed by atoms with Crippen LogP contribution in [0.3, 0.4) is 0 Å². The molecule has 0 fully saturated rings. The highest BCUT2D eigenvalue weighted by Crippen LogP contribution is 2.21. The Labute approximate surface area is 115 Å². The van der Waals surface area contributed by atoms with E-state index in [2.05, 4.69) is 6.58 Å². The van der Waals surface area contributed by atoms with Gasteiger partial charge >= 0.3 is 0 Å². The van der Waals surface area contributed by atoms with Crippen LogP contribution in [0.25, 0.3) is 0 Å². The van der Waals surface area contributed by atoms with Crippen LogP contribution in [0.1, 0.15) is 24.9 Å². The fraction of sp³-hybridized carbons (Fsp3) is 0.429. The number of benzene rings is 1. The fourth-order valence-corrected chi connectivity index (χ4v) is 2.52. The molecule has 0 heterocycles. The number of rotatable bonds is 8. The molecule has 1 unspecified atom stereocenters. The Hall–Kier alpha value is -1.17. The quantitative estimate of drug-likeness (QED) is 0.588. The minimum absolute atomic E-state index is 0.0390. The van der Waals surface area contributed by atoms with Gasteiger partial charge in [-0.1, -0.05) is 43.3 Å². The van der Waals surface area contributed by atoms with Crippen molar-refractivity contribution in [1.82, 2.24) is 4.90 Å². The molecule has 0 bridgehead atoms. The molecule has 0 saturated carbocycles. The highest BCUT2D eigenvalue weighted by atomic mass is 32.2. The lowest BCUT2D eigenvalue weighted by molar-refractivity contribution is 0.243. The van der Waals surface area contributed by atoms with Crippen LogP contribution in [0.15, 0.2) is 43.0 Å². The van der Waals surface area contributed by atoms with E-state index in [1.54, 1.807) is 6.08 Å². The minimum atomic E-state index is -3.94. The Balaban J connectivity index is 2.86. The Kier molecular flexibility index (Phi) is 6.21. The minimum Gasteiger partial charge on any atom is -0.292 e. The monoisotopic (exact) mass is 283 g/mol. The molecule has 0 aromatic heterocycles. The van der Waals surface area contributed by atoms with Crippen molar-refractivity contribution in [3.63, 3.8) is 0 Å². The highest BCUT2D eigenvalue weighted by molar-refractivity contribution is 7.85. The van der Waals surface area contributed by atoms with Crippen LogP contribution in [0.5, 0.6) is 0 Å². The molecule has 0 aliphatic rings. The molecule has 0 saturated heterocycles. The Morgan fingerprint density at radius 1 is 1.32 bits per heavy atom. The fourth-order valence-electron chi connectivity index (χ4n) is 2.06. The van der Waals surface area contributed by atoms with Crippen LogP contribution in [0.2, 0.25) is 0 Å². The summed E-state index contributed by atoms with van der Waals surface area (Å²) in [6.07, 6.45) is 2.71. The average molecular weight is 283 g/mol. The van der Waals surface area contributed by atoms with Gasteiger partial charge < -0.3 is 0 Å². The van der Waals surface area contributed by atoms with Gasteiger partial charge in [0.25, 0.3) is 10.1 Å². The molecule has 1 aromatic rings. The Bertz CT molecular complexity index is 485. The maximum atomic E-state index is 10.9. The predicted octanol–water partition coefficient (Wildman–Crippen LogP) is 2.51. The van der Waals surface area contributed by atoms with Crippen molar-refractivity contribution in [1.29, 1.82) is 0 Å². The van der Waals surface area contributed by atoms with E-state index in [0.29, 0.717) is 0 Å². The first-order valence-electron chi connectivity index (χ1n) is 6.34. The molecule has 0 spiro atoms. The van der Waals surface area contributed by atoms with Crippen molar-refractivity contribution >= 4 is 10.1 Å². The summed E-state index contributed by atoms with van der Waals surface area (Å²) >= 11 is 0. The summed E-state index contributed by atoms with van der Waals surface area (Å²) in [4.78, 5) is 2.01. The molecule has 0 radical (unpaired) electrons. The van der Waals surface area contributed by atoms with Gasteiger partial charge in [-0.15, -0.1) is 6.58 Å². The lowest BCUT2D eigenvalue weighted by atomic mass is 10.1. The summed E-state index contributed by atoms with van der Waals surface area (Å²) in [6, 6.07) is 9.76. The molecule has 106 valence electrons. The lowest BCUT2D eigenvalue weighted by Crippen LogP contribution is -2.33. The third kappa shape index (κ3) is 5.55. The highest BCUT2D eigenvalue weighted by Gasteiger charge is 2.18. The van der Waals surface area contributed by atoms with Crippen LogP contribution in [-0.4, -0.2) is 36.7 Å². The smallest absolute Gasteiger partial charge is 0.266 e. The zero-order chi connectivity index (χ0) is 14.3. The SMILES string of the molecule is C=CC(c1ccccc1)N(CCC)CCS(=O)(=O)O. The van der Waals surface area contributed by atoms with Gasteiger partial charge in [0.15, 0.2) is 0 Å². The topological polar surface area (TPSA) is 57.6 Å². The summed E-state index contributed by atoms with van der Waals surface area (Å²) < 4.78 is 30.7. The molecular formula is C14H21NO3S. The molecule has 1 rings (SSSR count). The van der Waals surface area contributed by atoms with E-state index in [0.717, 1.165) is 18.5 Å². The Morgan fingerprint density at radius 3 is 2.42 bits per heavy atom. The van der Waals surface area contributed by atoms with Crippen molar-refractivity contribution in [3.8, 4) is 0 Å². The van der Waals surface area contributed by atoms with E-state index >= 15 is 0 Å². The molecule has 1 atom stereocenters. The third-order valence-corrected chi connectivity index (χ3v) is 3.60. The van der Waals surface area contributed by atoms with Crippen molar-refractivity contribution in [3.05, 3.63) is 48.6 Å². The molecule has 0 aliphatic heterocycles. The third-order valence-electron chi connectivity index (χ3n) is 2.91. The van der Waals surface area contributed by atoms with Gasteiger partial charge in [-0.3, -0.25) is 9.45 Å². The second-order valence-electron chi connectivity index (χ2n) is 4.41. The molecular weight excluding hydrogens is 262 g/mol. The Morgan fingerprint density at radius 2 is 1.95 bits per heavy atom. The van der Waals surface area contributed by atoms with Gasteiger partial charge in [0, 0.05) is 6.54 Å². The van der Waals surface area contributed by atoms with E-state index in [4.69, 9.17) is 4.55 Å². The first kappa shape index (κ1) is 15.9. The second-order valence-corrected chi connectivity index (χ2v) is 5.99. The van der Waals surface area contributed by atoms with Crippen molar-refractivity contribution < 1.29 is 13.0 Å². The summed E-state index contributed by atoms with van der Waals surface area (Å²) in [5.41, 5.74) is 1.07. The van der Waals surface area contributed by atoms with Crippen molar-refractivity contribution in [2.75, 3.05) is 18.8 Å². The van der Waals surface area contributed by atoms with Gasteiger partial charge in [-0.2, -0.15) is 8.42 Å². The van der Waals surface area contributed by atoms with Crippen molar-refractivity contribution in [2.24, 2.45) is 0 Å². The predicted molar refractivity (Wildman–Crippen MR) is 77.7 cm³/mol. The van der Waals surface area contributed by atoms with Gasteiger partial charge in [0.1, 0.15) is 0 Å². The largest absolute Gasteiger partial charge is 0.292 e. The van der Waals surface area contributed by atoms with E-state index in [1.807, 2.05) is 42.2 Å². The van der Waals surface area contributed by atoms with E-state index in [9.17, 15) is 8.42 Å². The van der Waals surface area contributed by atoms with Crippen LogP contribution in [0, 0.1) is 0 Å². The molecule has 0 aliphatic carbocycles. The van der Waals surface area contributed by atoms with Crippen LogP contribution >= 0.6 is 0 Å². The van der Waals surface area contributed by atoms with Crippen LogP contribution < -0.4 is 0 Å². The summed E-state index contributed by atoms with van der Waals surface area (Å²) in [5.74, 6) is -0.260. The molecule has 5 heteroatoms. The summed E-state index contributed by atoms with van der Waals surface area (Å²) in [7, 11) is -3.94. The van der Waals surface area contributed by atoms with Crippen LogP contribution in [0.4, 0.5) is 0 Å². The van der Waals surface area contributed by atoms with Crippen LogP contribution in [-0.2, 0) is 10.1 Å². The lowest BCUT2D eigenvalue weighted by Gasteiger charge is -2.29. The van der Waals surface area contributed by atoms with Gasteiger partial charge in [0.05, 0.1) is 11.8 Å². The van der Waals surface area contributed by atoms with Gasteiger partial charge in [-0.25, -0.2) is 0 Å². The molecule has 1 aromatic carbocycles. The van der Waals surface area contributed by atoms with E-state index in [1.165, 1.54) is 0 Å². The first-order valence-corrected chi connectivity index (χ1v) is 7.95. The summed E-state index contributed by atoms with van der Waals surface area (Å²) in [6.45, 7) is 6.91. The normalized spacial score (nSPS) is 13.4. The maximum Gasteiger partial charge on any atom is 0.266 e. The standard InChI is InChI=1S/C14H21NO3S/c1-3-10-15(11-12-19(16,17)18)14(4-2)13-8-6-5-7-9-13/h4-9,14H,2-3,10-12H2,1H3,(H,16,17,18). The molecule has 1 N–H and O–H groups in total. The zero-order valence-corrected chi connectivity index (χ0v) is 12.0. The van der Waals surface area contributed by atoms with E-state index in [-0.39, 0.29) is 18.3 Å². The molecule has 4 nitrogen and oxygen atoms in total. The zero-order valence-electron chi connectivity index (χ0n) is 11.2. The number of nitrogens with zero attached hydrogens (tertiary/aromatic N) is 1. The van der Waals surface area contributed by atoms with Gasteiger partial charge in [-0.05, 0) is 18.5 Å². The van der Waals surface area contributed by atoms with E-state index < -0.39 is 10.1 Å². The molecule has 19 heavy (non-hydrogen) atoms. The van der Waals surface area contributed by atoms with Crippen molar-refractivity contribution in [2.45, 2.75) is 19.4 Å². The number of hydrogen-bond donors (Lipinski definition) is 1. The number of hydrogen-bond acceptors (Lipinski definition) is 3. The molecule has 0 amide bonds. The first-order chi connectivity index (χ1) is 8.98. The summed E-state index contributed by atoms with van der Waals surface area (Å²) in [5, 5.41) is 0. The maximum absolute atomic E-state index is 10.9.